The topological polar surface area (TPSA) is 29.1 Å². The van der Waals surface area contributed by atoms with Crippen molar-refractivity contribution in [3.63, 3.8) is 0 Å². The van der Waals surface area contributed by atoms with Crippen LogP contribution in [0.5, 0.6) is 0 Å². The second-order valence-electron chi connectivity index (χ2n) is 5.82. The van der Waals surface area contributed by atoms with Gasteiger partial charge in [0.1, 0.15) is 5.82 Å². The fourth-order valence-corrected chi connectivity index (χ4v) is 5.66. The number of anilines is 1. The van der Waals surface area contributed by atoms with E-state index in [1.807, 2.05) is 17.4 Å². The van der Waals surface area contributed by atoms with Crippen LogP contribution in [0, 0.1) is 5.82 Å². The molecule has 1 N–H and O–H groups in total. The lowest BCUT2D eigenvalue weighted by atomic mass is 9.95. The minimum atomic E-state index is -0.346. The van der Waals surface area contributed by atoms with Gasteiger partial charge in [0.05, 0.1) is 4.91 Å². The molecule has 1 amide bonds. The van der Waals surface area contributed by atoms with Gasteiger partial charge in [-0.25, -0.2) is 4.39 Å². The number of fused-ring (bicyclic) bond motifs is 3. The lowest BCUT2D eigenvalue weighted by Gasteiger charge is -2.16. The van der Waals surface area contributed by atoms with E-state index in [9.17, 15) is 9.18 Å². The van der Waals surface area contributed by atoms with Crippen LogP contribution < -0.4 is 5.32 Å². The van der Waals surface area contributed by atoms with Crippen molar-refractivity contribution in [3.05, 3.63) is 55.9 Å². The zero-order valence-electron chi connectivity index (χ0n) is 12.5. The van der Waals surface area contributed by atoms with Gasteiger partial charge >= 0.3 is 0 Å². The minimum Gasteiger partial charge on any atom is -0.321 e. The third-order valence-electron chi connectivity index (χ3n) is 4.25. The lowest BCUT2D eigenvalue weighted by molar-refractivity contribution is -0.112. The molecule has 0 saturated heterocycles. The number of thiophene rings is 1. The van der Waals surface area contributed by atoms with E-state index in [1.54, 1.807) is 23.9 Å². The Hall–Kier alpha value is -1.59. The number of thioether (sulfide) groups is 1. The predicted octanol–water partition coefficient (Wildman–Crippen LogP) is 4.99. The number of benzene rings is 1. The summed E-state index contributed by atoms with van der Waals surface area (Å²) in [6.07, 6.45) is 6.91. The molecule has 0 unspecified atom stereocenters. The zero-order valence-corrected chi connectivity index (χ0v) is 14.2. The van der Waals surface area contributed by atoms with E-state index in [2.05, 4.69) is 5.32 Å². The summed E-state index contributed by atoms with van der Waals surface area (Å²) in [5, 5.41) is 2.78. The fourth-order valence-electron chi connectivity index (χ4n) is 3.13. The summed E-state index contributed by atoms with van der Waals surface area (Å²) in [7, 11) is 0. The summed E-state index contributed by atoms with van der Waals surface area (Å²) >= 11 is 3.41. The van der Waals surface area contributed by atoms with E-state index in [0.717, 1.165) is 5.75 Å². The van der Waals surface area contributed by atoms with Crippen LogP contribution in [-0.2, 0) is 23.4 Å². The first-order valence-electron chi connectivity index (χ1n) is 7.75. The van der Waals surface area contributed by atoms with Crippen molar-refractivity contribution in [1.29, 1.82) is 0 Å². The van der Waals surface area contributed by atoms with Crippen molar-refractivity contribution >= 4 is 40.8 Å². The van der Waals surface area contributed by atoms with E-state index in [4.69, 9.17) is 0 Å². The number of nitrogens with one attached hydrogen (secondary N) is 1. The third-order valence-corrected chi connectivity index (χ3v) is 6.58. The molecule has 2 heterocycles. The average Bonchev–Trinajstić information content (AvgIpc) is 2.92. The van der Waals surface area contributed by atoms with E-state index in [0.29, 0.717) is 10.6 Å². The predicted molar refractivity (Wildman–Crippen MR) is 95.3 cm³/mol. The summed E-state index contributed by atoms with van der Waals surface area (Å²) in [6, 6.07) is 6.00. The van der Waals surface area contributed by atoms with Crippen LogP contribution in [-0.4, -0.2) is 5.91 Å². The van der Waals surface area contributed by atoms with Crippen molar-refractivity contribution in [3.8, 4) is 0 Å². The molecule has 0 radical (unpaired) electrons. The number of halogens is 1. The van der Waals surface area contributed by atoms with Gasteiger partial charge in [-0.2, -0.15) is 0 Å². The van der Waals surface area contributed by atoms with Gasteiger partial charge in [0.15, 0.2) is 0 Å². The number of carbonyl (C=O) groups is 1. The molecule has 23 heavy (non-hydrogen) atoms. The molecule has 1 aromatic carbocycles. The second kappa shape index (κ2) is 6.13. The number of carbonyl (C=O) groups excluding carboxylic acids is 1. The lowest BCUT2D eigenvalue weighted by Crippen LogP contribution is -2.14. The summed E-state index contributed by atoms with van der Waals surface area (Å²) in [4.78, 5) is 15.9. The highest BCUT2D eigenvalue weighted by atomic mass is 32.2. The average molecular weight is 345 g/mol. The van der Waals surface area contributed by atoms with Crippen molar-refractivity contribution in [2.45, 2.75) is 31.4 Å². The van der Waals surface area contributed by atoms with Crippen LogP contribution in [0.3, 0.4) is 0 Å². The maximum Gasteiger partial charge on any atom is 0.262 e. The highest BCUT2D eigenvalue weighted by Crippen LogP contribution is 2.42. The van der Waals surface area contributed by atoms with E-state index < -0.39 is 0 Å². The number of hydrogen-bond donors (Lipinski definition) is 1. The smallest absolute Gasteiger partial charge is 0.262 e. The maximum atomic E-state index is 13.2. The van der Waals surface area contributed by atoms with Crippen molar-refractivity contribution in [1.82, 2.24) is 0 Å². The molecule has 0 saturated carbocycles. The van der Waals surface area contributed by atoms with Crippen LogP contribution in [0.2, 0.25) is 0 Å². The molecule has 0 bridgehead atoms. The Morgan fingerprint density at radius 1 is 1.17 bits per heavy atom. The molecule has 0 fully saturated rings. The first kappa shape index (κ1) is 15.0. The molecule has 1 aliphatic heterocycles. The van der Waals surface area contributed by atoms with Crippen LogP contribution in [0.15, 0.2) is 29.2 Å². The fraction of sp³-hybridized carbons (Fsp3) is 0.278. The Morgan fingerprint density at radius 2 is 2.04 bits per heavy atom. The summed E-state index contributed by atoms with van der Waals surface area (Å²) < 4.78 is 13.2. The van der Waals surface area contributed by atoms with Crippen LogP contribution >= 0.6 is 23.1 Å². The molecule has 2 aromatic rings. The minimum absolute atomic E-state index is 0.155. The Labute approximate surface area is 142 Å². The van der Waals surface area contributed by atoms with Gasteiger partial charge in [0.25, 0.3) is 5.91 Å². The Morgan fingerprint density at radius 3 is 2.91 bits per heavy atom. The van der Waals surface area contributed by atoms with Crippen molar-refractivity contribution in [2.75, 3.05) is 5.32 Å². The van der Waals surface area contributed by atoms with E-state index in [1.165, 1.54) is 58.7 Å². The molecule has 118 valence electrons. The molecule has 2 nitrogen and oxygen atoms in total. The first-order valence-corrected chi connectivity index (χ1v) is 9.56. The molecule has 0 atom stereocenters. The highest BCUT2D eigenvalue weighted by Gasteiger charge is 2.25. The standard InChI is InChI=1S/C18H16FNOS2/c19-11-4-3-5-12(8-11)20-18(21)17-9-16-14(10-22-17)13-6-1-2-7-15(13)23-16/h3-5,8-9H,1-2,6-7,10H2,(H,20,21). The molecule has 1 aromatic heterocycles. The monoisotopic (exact) mass is 345 g/mol. The van der Waals surface area contributed by atoms with Gasteiger partial charge in [0, 0.05) is 21.2 Å². The SMILES string of the molecule is O=C(Nc1cccc(F)c1)C1=Cc2sc3c(c2CS1)CCCC3. The third kappa shape index (κ3) is 2.95. The Balaban J connectivity index is 1.58. The first-order chi connectivity index (χ1) is 11.2. The highest BCUT2D eigenvalue weighted by molar-refractivity contribution is 8.03. The van der Waals surface area contributed by atoms with E-state index >= 15 is 0 Å². The Bertz CT molecular complexity index is 809. The van der Waals surface area contributed by atoms with Gasteiger partial charge in [0.2, 0.25) is 0 Å². The van der Waals surface area contributed by atoms with Gasteiger partial charge < -0.3 is 5.32 Å². The number of hydrogen-bond acceptors (Lipinski definition) is 3. The summed E-state index contributed by atoms with van der Waals surface area (Å²) in [5.74, 6) is 0.364. The summed E-state index contributed by atoms with van der Waals surface area (Å²) in [5.41, 5.74) is 3.45. The molecule has 1 aliphatic carbocycles. The van der Waals surface area contributed by atoms with Crippen LogP contribution in [0.25, 0.3) is 6.08 Å². The molecular formula is C18H16FNOS2. The zero-order chi connectivity index (χ0) is 15.8. The molecule has 0 spiro atoms. The summed E-state index contributed by atoms with van der Waals surface area (Å²) in [6.45, 7) is 0. The van der Waals surface area contributed by atoms with Gasteiger partial charge in [-0.15, -0.1) is 23.1 Å². The normalized spacial score (nSPS) is 16.3. The van der Waals surface area contributed by atoms with Gasteiger partial charge in [-0.05, 0) is 61.1 Å². The Kier molecular flexibility index (Phi) is 3.99. The molecule has 4 rings (SSSR count). The number of rotatable bonds is 2. The molecular weight excluding hydrogens is 329 g/mol. The van der Waals surface area contributed by atoms with Crippen LogP contribution in [0.1, 0.15) is 33.7 Å². The molecule has 5 heteroatoms. The number of amides is 1. The van der Waals surface area contributed by atoms with Crippen molar-refractivity contribution in [2.24, 2.45) is 0 Å². The van der Waals surface area contributed by atoms with Gasteiger partial charge in [-0.3, -0.25) is 4.79 Å². The maximum absolute atomic E-state index is 13.2. The largest absolute Gasteiger partial charge is 0.321 e. The van der Waals surface area contributed by atoms with Crippen LogP contribution in [0.4, 0.5) is 10.1 Å². The second-order valence-corrected chi connectivity index (χ2v) is 7.97. The quantitative estimate of drug-likeness (QED) is 0.830. The number of aryl methyl sites for hydroxylation is 1. The van der Waals surface area contributed by atoms with E-state index in [-0.39, 0.29) is 11.7 Å². The molecule has 2 aliphatic rings. The van der Waals surface area contributed by atoms with Crippen molar-refractivity contribution < 1.29 is 9.18 Å². The van der Waals surface area contributed by atoms with Gasteiger partial charge in [-0.1, -0.05) is 6.07 Å².